The van der Waals surface area contributed by atoms with Crippen LogP contribution in [0.3, 0.4) is 0 Å². The Morgan fingerprint density at radius 3 is 3.09 bits per heavy atom. The second-order valence-electron chi connectivity index (χ2n) is 5.23. The summed E-state index contributed by atoms with van der Waals surface area (Å²) in [5.74, 6) is -0.186. The van der Waals surface area contributed by atoms with Gasteiger partial charge in [0.25, 0.3) is 11.5 Å². The summed E-state index contributed by atoms with van der Waals surface area (Å²) < 4.78 is 6.46. The first-order valence-electron chi connectivity index (χ1n) is 7.30. The van der Waals surface area contributed by atoms with Gasteiger partial charge in [-0.25, -0.2) is 4.98 Å². The molecule has 3 aromatic rings. The van der Waals surface area contributed by atoms with Gasteiger partial charge in [-0.15, -0.1) is 11.3 Å². The molecule has 0 atom stereocenters. The first-order valence-corrected chi connectivity index (χ1v) is 8.12. The smallest absolute Gasteiger partial charge is 0.266 e. The third-order valence-corrected chi connectivity index (χ3v) is 4.59. The standard InChI is InChI=1S/C16H17N3O3S/c1-10-5-3-7-19-13(10)18-15-11(16(19)21)9-12(23-15)14(20)17-6-4-8-22-2/h3,5,7,9H,4,6,8H2,1-2H3,(H,17,20). The van der Waals surface area contributed by atoms with Gasteiger partial charge in [0, 0.05) is 26.5 Å². The maximum atomic E-state index is 12.6. The van der Waals surface area contributed by atoms with E-state index in [-0.39, 0.29) is 11.5 Å². The van der Waals surface area contributed by atoms with Crippen molar-refractivity contribution in [3.63, 3.8) is 0 Å². The fourth-order valence-corrected chi connectivity index (χ4v) is 3.31. The zero-order chi connectivity index (χ0) is 16.4. The Bertz CT molecular complexity index is 929. The normalized spacial score (nSPS) is 11.2. The summed E-state index contributed by atoms with van der Waals surface area (Å²) in [6, 6.07) is 5.34. The molecule has 3 rings (SSSR count). The fourth-order valence-electron chi connectivity index (χ4n) is 2.38. The van der Waals surface area contributed by atoms with Gasteiger partial charge in [-0.05, 0) is 31.0 Å². The van der Waals surface area contributed by atoms with Gasteiger partial charge in [0.1, 0.15) is 10.5 Å². The maximum Gasteiger partial charge on any atom is 0.266 e. The Morgan fingerprint density at radius 1 is 1.48 bits per heavy atom. The van der Waals surface area contributed by atoms with Crippen molar-refractivity contribution in [1.82, 2.24) is 14.7 Å². The first kappa shape index (κ1) is 15.6. The zero-order valence-corrected chi connectivity index (χ0v) is 13.8. The number of carbonyl (C=O) groups is 1. The van der Waals surface area contributed by atoms with Crippen LogP contribution < -0.4 is 10.9 Å². The predicted molar refractivity (Wildman–Crippen MR) is 90.4 cm³/mol. The van der Waals surface area contributed by atoms with Crippen molar-refractivity contribution in [2.75, 3.05) is 20.3 Å². The van der Waals surface area contributed by atoms with Crippen molar-refractivity contribution in [2.24, 2.45) is 0 Å². The number of fused-ring (bicyclic) bond motifs is 2. The van der Waals surface area contributed by atoms with E-state index >= 15 is 0 Å². The van der Waals surface area contributed by atoms with E-state index in [1.165, 1.54) is 15.7 Å². The molecule has 0 fully saturated rings. The Morgan fingerprint density at radius 2 is 2.30 bits per heavy atom. The van der Waals surface area contributed by atoms with Crippen LogP contribution in [0.25, 0.3) is 15.9 Å². The molecule has 0 aliphatic heterocycles. The van der Waals surface area contributed by atoms with Gasteiger partial charge in [-0.2, -0.15) is 0 Å². The number of hydrogen-bond acceptors (Lipinski definition) is 5. The average molecular weight is 331 g/mol. The first-order chi connectivity index (χ1) is 11.1. The molecular weight excluding hydrogens is 314 g/mol. The zero-order valence-electron chi connectivity index (χ0n) is 13.0. The molecule has 0 saturated carbocycles. The van der Waals surface area contributed by atoms with Crippen LogP contribution >= 0.6 is 11.3 Å². The Kier molecular flexibility index (Phi) is 4.40. The number of ether oxygens (including phenoxy) is 1. The number of nitrogens with zero attached hydrogens (tertiary/aromatic N) is 2. The number of hydrogen-bond donors (Lipinski definition) is 1. The summed E-state index contributed by atoms with van der Waals surface area (Å²) in [6.07, 6.45) is 2.44. The Labute approximate surface area is 136 Å². The van der Waals surface area contributed by atoms with Crippen molar-refractivity contribution < 1.29 is 9.53 Å². The molecule has 3 aromatic heterocycles. The minimum atomic E-state index is -0.186. The van der Waals surface area contributed by atoms with E-state index < -0.39 is 0 Å². The van der Waals surface area contributed by atoms with E-state index in [0.717, 1.165) is 12.0 Å². The lowest BCUT2D eigenvalue weighted by Crippen LogP contribution is -2.24. The highest BCUT2D eigenvalue weighted by atomic mass is 32.1. The molecule has 1 amide bonds. The lowest BCUT2D eigenvalue weighted by atomic mass is 10.3. The molecular formula is C16H17N3O3S. The molecule has 6 nitrogen and oxygen atoms in total. The van der Waals surface area contributed by atoms with Crippen LogP contribution in [0, 0.1) is 6.92 Å². The number of aromatic nitrogens is 2. The average Bonchev–Trinajstić information content (AvgIpc) is 2.97. The number of amides is 1. The Balaban J connectivity index is 1.97. The summed E-state index contributed by atoms with van der Waals surface area (Å²) in [5.41, 5.74) is 1.40. The predicted octanol–water partition coefficient (Wildman–Crippen LogP) is 1.98. The topological polar surface area (TPSA) is 72.7 Å². The van der Waals surface area contributed by atoms with Crippen LogP contribution in [0.5, 0.6) is 0 Å². The molecule has 1 N–H and O–H groups in total. The van der Waals surface area contributed by atoms with Crippen LogP contribution in [-0.2, 0) is 4.74 Å². The van der Waals surface area contributed by atoms with E-state index in [2.05, 4.69) is 10.3 Å². The van der Waals surface area contributed by atoms with Crippen molar-refractivity contribution in [3.8, 4) is 0 Å². The molecule has 120 valence electrons. The lowest BCUT2D eigenvalue weighted by Gasteiger charge is -2.02. The number of aryl methyl sites for hydroxylation is 1. The molecule has 0 bridgehead atoms. The SMILES string of the molecule is COCCCNC(=O)c1cc2c(=O)n3cccc(C)c3nc2s1. The van der Waals surface area contributed by atoms with Gasteiger partial charge in [-0.1, -0.05) is 6.07 Å². The minimum absolute atomic E-state index is 0.150. The molecule has 0 aliphatic rings. The van der Waals surface area contributed by atoms with Crippen molar-refractivity contribution in [1.29, 1.82) is 0 Å². The van der Waals surface area contributed by atoms with E-state index in [0.29, 0.717) is 33.9 Å². The molecule has 23 heavy (non-hydrogen) atoms. The molecule has 0 unspecified atom stereocenters. The van der Waals surface area contributed by atoms with E-state index in [4.69, 9.17) is 4.74 Å². The van der Waals surface area contributed by atoms with E-state index in [1.54, 1.807) is 19.4 Å². The number of pyridine rings is 1. The largest absolute Gasteiger partial charge is 0.385 e. The van der Waals surface area contributed by atoms with Crippen molar-refractivity contribution in [3.05, 3.63) is 45.2 Å². The molecule has 0 aromatic carbocycles. The number of carbonyl (C=O) groups excluding carboxylic acids is 1. The van der Waals surface area contributed by atoms with Crippen molar-refractivity contribution >= 4 is 33.1 Å². The maximum absolute atomic E-state index is 12.6. The van der Waals surface area contributed by atoms with Gasteiger partial charge in [0.2, 0.25) is 0 Å². The molecule has 0 saturated heterocycles. The third kappa shape index (κ3) is 2.97. The molecule has 3 heterocycles. The number of thiophene rings is 1. The number of rotatable bonds is 5. The highest BCUT2D eigenvalue weighted by molar-refractivity contribution is 7.20. The van der Waals surface area contributed by atoms with Gasteiger partial charge in [0.15, 0.2) is 0 Å². The quantitative estimate of drug-likeness (QED) is 0.726. The van der Waals surface area contributed by atoms with Gasteiger partial charge in [0.05, 0.1) is 10.3 Å². The van der Waals surface area contributed by atoms with Crippen molar-refractivity contribution in [2.45, 2.75) is 13.3 Å². The van der Waals surface area contributed by atoms with Crippen LogP contribution in [0.15, 0.2) is 29.2 Å². The molecule has 0 aliphatic carbocycles. The molecule has 0 spiro atoms. The number of methoxy groups -OCH3 is 1. The van der Waals surface area contributed by atoms with Crippen LogP contribution in [0.4, 0.5) is 0 Å². The monoisotopic (exact) mass is 331 g/mol. The van der Waals surface area contributed by atoms with Crippen LogP contribution in [-0.4, -0.2) is 35.6 Å². The highest BCUT2D eigenvalue weighted by Gasteiger charge is 2.15. The van der Waals surface area contributed by atoms with Crippen LogP contribution in [0.1, 0.15) is 21.7 Å². The fraction of sp³-hybridized carbons (Fsp3) is 0.312. The summed E-state index contributed by atoms with van der Waals surface area (Å²) in [4.78, 5) is 30.3. The highest BCUT2D eigenvalue weighted by Crippen LogP contribution is 2.22. The minimum Gasteiger partial charge on any atom is -0.385 e. The van der Waals surface area contributed by atoms with E-state index in [1.807, 2.05) is 19.1 Å². The summed E-state index contributed by atoms with van der Waals surface area (Å²) >= 11 is 1.24. The second kappa shape index (κ2) is 6.47. The summed E-state index contributed by atoms with van der Waals surface area (Å²) in [6.45, 7) is 3.04. The van der Waals surface area contributed by atoms with Gasteiger partial charge >= 0.3 is 0 Å². The molecule has 7 heteroatoms. The van der Waals surface area contributed by atoms with Gasteiger partial charge in [-0.3, -0.25) is 14.0 Å². The lowest BCUT2D eigenvalue weighted by molar-refractivity contribution is 0.0952. The second-order valence-corrected chi connectivity index (χ2v) is 6.26. The van der Waals surface area contributed by atoms with Gasteiger partial charge < -0.3 is 10.1 Å². The summed E-state index contributed by atoms with van der Waals surface area (Å²) in [7, 11) is 1.62. The Hall–Kier alpha value is -2.25. The summed E-state index contributed by atoms with van der Waals surface area (Å²) in [5, 5.41) is 3.29. The van der Waals surface area contributed by atoms with Crippen LogP contribution in [0.2, 0.25) is 0 Å². The number of nitrogens with one attached hydrogen (secondary N) is 1. The van der Waals surface area contributed by atoms with E-state index in [9.17, 15) is 9.59 Å². The molecule has 0 radical (unpaired) electrons. The third-order valence-electron chi connectivity index (χ3n) is 3.57.